The number of nitrogens with one attached hydrogen (secondary N) is 3. The number of carbonyl (C=O) groups is 3. The lowest BCUT2D eigenvalue weighted by Crippen LogP contribution is -2.40. The summed E-state index contributed by atoms with van der Waals surface area (Å²) >= 11 is 5.08. The summed E-state index contributed by atoms with van der Waals surface area (Å²) in [6.07, 6.45) is -0.0283. The Morgan fingerprint density at radius 2 is 1.85 bits per heavy atom. The molecule has 142 valence electrons. The lowest BCUT2D eigenvalue weighted by atomic mass is 10.1. The average molecular weight is 379 g/mol. The molecule has 0 saturated carbocycles. The summed E-state index contributed by atoms with van der Waals surface area (Å²) in [4.78, 5) is 35.2. The maximum Gasteiger partial charge on any atom is 0.306 e. The van der Waals surface area contributed by atoms with Gasteiger partial charge in [-0.1, -0.05) is 6.07 Å². The van der Waals surface area contributed by atoms with Crippen molar-refractivity contribution in [2.45, 2.75) is 46.1 Å². The van der Waals surface area contributed by atoms with Crippen molar-refractivity contribution < 1.29 is 19.1 Å². The molecule has 1 aromatic carbocycles. The molecule has 26 heavy (non-hydrogen) atoms. The van der Waals surface area contributed by atoms with Gasteiger partial charge in [0.05, 0.1) is 13.0 Å². The smallest absolute Gasteiger partial charge is 0.306 e. The summed E-state index contributed by atoms with van der Waals surface area (Å²) in [6, 6.07) is 6.77. The molecule has 2 amide bonds. The van der Waals surface area contributed by atoms with Gasteiger partial charge in [0.15, 0.2) is 5.11 Å². The zero-order valence-electron chi connectivity index (χ0n) is 15.5. The summed E-state index contributed by atoms with van der Waals surface area (Å²) in [5, 5.41) is 8.30. The first kappa shape index (κ1) is 21.6. The van der Waals surface area contributed by atoms with Crippen LogP contribution in [0.2, 0.25) is 0 Å². The molecular formula is C18H25N3O4S. The molecule has 0 spiro atoms. The molecule has 1 rings (SSSR count). The number of amides is 2. The second-order valence-electron chi connectivity index (χ2n) is 6.59. The molecule has 7 nitrogen and oxygen atoms in total. The largest absolute Gasteiger partial charge is 0.466 e. The molecule has 0 aliphatic rings. The average Bonchev–Trinajstić information content (AvgIpc) is 2.51. The first-order valence-electron chi connectivity index (χ1n) is 8.29. The fourth-order valence-electron chi connectivity index (χ4n) is 1.95. The SMILES string of the molecule is CCOC(=O)CCC(=O)NC(=S)Nc1cccc(C(=O)NC(C)(C)C)c1. The first-order valence-corrected chi connectivity index (χ1v) is 8.70. The first-order chi connectivity index (χ1) is 12.1. The predicted octanol–water partition coefficient (Wildman–Crippen LogP) is 2.37. The number of ether oxygens (including phenoxy) is 1. The number of anilines is 1. The minimum atomic E-state index is -0.431. The highest BCUT2D eigenvalue weighted by Gasteiger charge is 2.15. The van der Waals surface area contributed by atoms with E-state index in [0.717, 1.165) is 0 Å². The molecule has 0 radical (unpaired) electrons. The lowest BCUT2D eigenvalue weighted by Gasteiger charge is -2.20. The van der Waals surface area contributed by atoms with Gasteiger partial charge in [-0.05, 0) is 58.1 Å². The van der Waals surface area contributed by atoms with Crippen LogP contribution in [-0.4, -0.2) is 35.0 Å². The second-order valence-corrected chi connectivity index (χ2v) is 7.00. The van der Waals surface area contributed by atoms with Crippen LogP contribution in [0.4, 0.5) is 5.69 Å². The third-order valence-corrected chi connectivity index (χ3v) is 3.19. The summed E-state index contributed by atoms with van der Waals surface area (Å²) in [5.41, 5.74) is 0.700. The quantitative estimate of drug-likeness (QED) is 0.519. The van der Waals surface area contributed by atoms with E-state index in [0.29, 0.717) is 11.3 Å². The van der Waals surface area contributed by atoms with E-state index in [1.807, 2.05) is 20.8 Å². The number of rotatable bonds is 6. The van der Waals surface area contributed by atoms with Crippen LogP contribution in [0.1, 0.15) is 50.9 Å². The van der Waals surface area contributed by atoms with Gasteiger partial charge in [0.25, 0.3) is 5.91 Å². The summed E-state index contributed by atoms with van der Waals surface area (Å²) in [6.45, 7) is 7.67. The Morgan fingerprint density at radius 3 is 2.46 bits per heavy atom. The van der Waals surface area contributed by atoms with Crippen molar-refractivity contribution in [2.75, 3.05) is 11.9 Å². The van der Waals surface area contributed by atoms with Crippen molar-refractivity contribution in [3.05, 3.63) is 29.8 Å². The van der Waals surface area contributed by atoms with E-state index in [4.69, 9.17) is 17.0 Å². The number of esters is 1. The topological polar surface area (TPSA) is 96.5 Å². The van der Waals surface area contributed by atoms with E-state index >= 15 is 0 Å². The molecular weight excluding hydrogens is 354 g/mol. The van der Waals surface area contributed by atoms with Crippen LogP contribution < -0.4 is 16.0 Å². The number of benzene rings is 1. The fraction of sp³-hybridized carbons (Fsp3) is 0.444. The molecule has 0 aromatic heterocycles. The van der Waals surface area contributed by atoms with Gasteiger partial charge in [-0.2, -0.15) is 0 Å². The van der Waals surface area contributed by atoms with Crippen LogP contribution in [0.5, 0.6) is 0 Å². The fourth-order valence-corrected chi connectivity index (χ4v) is 2.18. The molecule has 8 heteroatoms. The third kappa shape index (κ3) is 8.57. The molecule has 0 heterocycles. The molecule has 0 unspecified atom stereocenters. The Labute approximate surface area is 158 Å². The predicted molar refractivity (Wildman–Crippen MR) is 104 cm³/mol. The Morgan fingerprint density at radius 1 is 1.15 bits per heavy atom. The van der Waals surface area contributed by atoms with Gasteiger partial charge in [0, 0.05) is 23.2 Å². The molecule has 1 aromatic rings. The number of hydrogen-bond donors (Lipinski definition) is 3. The standard InChI is InChI=1S/C18H25N3O4S/c1-5-25-15(23)10-9-14(22)20-17(26)19-13-8-6-7-12(11-13)16(24)21-18(2,3)4/h6-8,11H,5,9-10H2,1-4H3,(H,21,24)(H2,19,20,22,26). The van der Waals surface area contributed by atoms with Crippen molar-refractivity contribution in [2.24, 2.45) is 0 Å². The van der Waals surface area contributed by atoms with Gasteiger partial charge < -0.3 is 20.7 Å². The van der Waals surface area contributed by atoms with Gasteiger partial charge in [0.1, 0.15) is 0 Å². The monoisotopic (exact) mass is 379 g/mol. The van der Waals surface area contributed by atoms with Crippen LogP contribution in [-0.2, 0) is 14.3 Å². The van der Waals surface area contributed by atoms with Gasteiger partial charge in [0.2, 0.25) is 5.91 Å². The van der Waals surface area contributed by atoms with Crippen LogP contribution in [0, 0.1) is 0 Å². The van der Waals surface area contributed by atoms with Crippen molar-refractivity contribution in [1.29, 1.82) is 0 Å². The zero-order valence-corrected chi connectivity index (χ0v) is 16.3. The van der Waals surface area contributed by atoms with Crippen LogP contribution in [0.25, 0.3) is 0 Å². The second kappa shape index (κ2) is 9.86. The van der Waals surface area contributed by atoms with Gasteiger partial charge in [-0.15, -0.1) is 0 Å². The summed E-state index contributed by atoms with van der Waals surface area (Å²) in [5.74, 6) is -1.03. The van der Waals surface area contributed by atoms with E-state index in [2.05, 4.69) is 16.0 Å². The van der Waals surface area contributed by atoms with Gasteiger partial charge in [-0.25, -0.2) is 0 Å². The molecule has 0 aliphatic heterocycles. The lowest BCUT2D eigenvalue weighted by molar-refractivity contribution is -0.144. The normalized spacial score (nSPS) is 10.6. The molecule has 0 saturated heterocycles. The molecule has 0 bridgehead atoms. The number of hydrogen-bond acceptors (Lipinski definition) is 5. The van der Waals surface area contributed by atoms with E-state index in [1.165, 1.54) is 0 Å². The highest BCUT2D eigenvalue weighted by Crippen LogP contribution is 2.12. The molecule has 0 fully saturated rings. The third-order valence-electron chi connectivity index (χ3n) is 2.99. The maximum atomic E-state index is 12.2. The van der Waals surface area contributed by atoms with Crippen molar-refractivity contribution in [3.8, 4) is 0 Å². The van der Waals surface area contributed by atoms with E-state index < -0.39 is 11.9 Å². The highest BCUT2D eigenvalue weighted by atomic mass is 32.1. The number of thiocarbonyl (C=S) groups is 1. The van der Waals surface area contributed by atoms with Crippen LogP contribution >= 0.6 is 12.2 Å². The van der Waals surface area contributed by atoms with E-state index in [1.54, 1.807) is 31.2 Å². The molecule has 3 N–H and O–H groups in total. The Hall–Kier alpha value is -2.48. The Kier molecular flexibility index (Phi) is 8.18. The van der Waals surface area contributed by atoms with Crippen LogP contribution in [0.3, 0.4) is 0 Å². The zero-order chi connectivity index (χ0) is 19.7. The van der Waals surface area contributed by atoms with Crippen molar-refractivity contribution in [1.82, 2.24) is 10.6 Å². The Bertz CT molecular complexity index is 683. The summed E-state index contributed by atoms with van der Waals surface area (Å²) in [7, 11) is 0. The molecule has 0 aliphatic carbocycles. The van der Waals surface area contributed by atoms with Gasteiger partial charge in [-0.3, -0.25) is 14.4 Å². The van der Waals surface area contributed by atoms with Crippen molar-refractivity contribution >= 4 is 40.8 Å². The van der Waals surface area contributed by atoms with Crippen LogP contribution in [0.15, 0.2) is 24.3 Å². The van der Waals surface area contributed by atoms with Crippen molar-refractivity contribution in [3.63, 3.8) is 0 Å². The van der Waals surface area contributed by atoms with E-state index in [9.17, 15) is 14.4 Å². The minimum Gasteiger partial charge on any atom is -0.466 e. The highest BCUT2D eigenvalue weighted by molar-refractivity contribution is 7.80. The van der Waals surface area contributed by atoms with E-state index in [-0.39, 0.29) is 36.0 Å². The maximum absolute atomic E-state index is 12.2. The summed E-state index contributed by atoms with van der Waals surface area (Å²) < 4.78 is 4.76. The Balaban J connectivity index is 2.56. The minimum absolute atomic E-state index is 0.00918. The number of carbonyl (C=O) groups excluding carboxylic acids is 3. The molecule has 0 atom stereocenters. The van der Waals surface area contributed by atoms with Gasteiger partial charge >= 0.3 is 5.97 Å².